The number of nitriles is 1. The van der Waals surface area contributed by atoms with Gasteiger partial charge in [0.2, 0.25) is 0 Å². The van der Waals surface area contributed by atoms with Gasteiger partial charge in [0, 0.05) is 17.3 Å². The van der Waals surface area contributed by atoms with Crippen LogP contribution in [0.2, 0.25) is 0 Å². The Kier molecular flexibility index (Phi) is 8.72. The summed E-state index contributed by atoms with van der Waals surface area (Å²) in [5, 5.41) is 12.4. The zero-order valence-corrected chi connectivity index (χ0v) is 20.7. The van der Waals surface area contributed by atoms with E-state index in [9.17, 15) is 14.4 Å². The molecular weight excluding hydrogens is 483 g/mol. The number of benzene rings is 4. The van der Waals surface area contributed by atoms with Gasteiger partial charge in [0.25, 0.3) is 5.91 Å². The predicted molar refractivity (Wildman–Crippen MR) is 143 cm³/mol. The minimum absolute atomic E-state index is 0.105. The zero-order valence-electron chi connectivity index (χ0n) is 20.7. The fourth-order valence-electron chi connectivity index (χ4n) is 3.51. The number of hydrogen-bond acceptors (Lipinski definition) is 5. The number of rotatable bonds is 10. The van der Waals surface area contributed by atoms with Gasteiger partial charge in [-0.2, -0.15) is 5.26 Å². The summed E-state index contributed by atoms with van der Waals surface area (Å²) in [6.45, 7) is 0.600. The van der Waals surface area contributed by atoms with E-state index >= 15 is 0 Å². The highest BCUT2D eigenvalue weighted by Gasteiger charge is 2.13. The molecule has 6 nitrogen and oxygen atoms in total. The van der Waals surface area contributed by atoms with E-state index in [1.165, 1.54) is 25.3 Å². The Hall–Kier alpha value is -5.09. The second-order valence-electron chi connectivity index (χ2n) is 8.24. The number of carbonyl (C=O) groups is 1. The first-order valence-electron chi connectivity index (χ1n) is 11.8. The number of hydrogen-bond donors (Lipinski definition) is 1. The number of nitrogens with zero attached hydrogens (tertiary/aromatic N) is 1. The molecule has 0 heterocycles. The fraction of sp³-hybridized carbons (Fsp3) is 0.0968. The van der Waals surface area contributed by atoms with Gasteiger partial charge in [0.1, 0.15) is 47.9 Å². The monoisotopic (exact) mass is 508 g/mol. The Labute approximate surface area is 220 Å². The van der Waals surface area contributed by atoms with Gasteiger partial charge >= 0.3 is 0 Å². The van der Waals surface area contributed by atoms with Crippen molar-refractivity contribution in [3.05, 3.63) is 125 Å². The molecule has 0 spiro atoms. The van der Waals surface area contributed by atoms with E-state index < -0.39 is 5.91 Å². The summed E-state index contributed by atoms with van der Waals surface area (Å²) < 4.78 is 30.2. The second-order valence-corrected chi connectivity index (χ2v) is 8.24. The first-order chi connectivity index (χ1) is 18.5. The van der Waals surface area contributed by atoms with Crippen LogP contribution < -0.4 is 19.5 Å². The number of anilines is 1. The molecule has 0 bridgehead atoms. The van der Waals surface area contributed by atoms with E-state index in [1.807, 2.05) is 36.4 Å². The van der Waals surface area contributed by atoms with Crippen LogP contribution in [0.4, 0.5) is 10.1 Å². The summed E-state index contributed by atoms with van der Waals surface area (Å²) in [5.41, 5.74) is 2.74. The fourth-order valence-corrected chi connectivity index (χ4v) is 3.51. The average Bonchev–Trinajstić information content (AvgIpc) is 2.96. The van der Waals surface area contributed by atoms with Crippen molar-refractivity contribution in [3.8, 4) is 23.3 Å². The number of ether oxygens (including phenoxy) is 3. The Morgan fingerprint density at radius 2 is 1.53 bits per heavy atom. The molecular formula is C31H25FN2O4. The highest BCUT2D eigenvalue weighted by atomic mass is 19.1. The van der Waals surface area contributed by atoms with Crippen LogP contribution in [0.5, 0.6) is 17.2 Å². The summed E-state index contributed by atoms with van der Waals surface area (Å²) >= 11 is 0. The van der Waals surface area contributed by atoms with E-state index in [-0.39, 0.29) is 18.0 Å². The molecule has 1 N–H and O–H groups in total. The van der Waals surface area contributed by atoms with Crippen molar-refractivity contribution in [3.63, 3.8) is 0 Å². The van der Waals surface area contributed by atoms with Crippen LogP contribution in [0.3, 0.4) is 0 Å². The minimum atomic E-state index is -0.564. The Morgan fingerprint density at radius 1 is 0.868 bits per heavy atom. The van der Waals surface area contributed by atoms with Crippen LogP contribution in [0.15, 0.2) is 103 Å². The van der Waals surface area contributed by atoms with Crippen LogP contribution in [0, 0.1) is 17.1 Å². The van der Waals surface area contributed by atoms with Crippen molar-refractivity contribution in [1.29, 1.82) is 5.26 Å². The highest BCUT2D eigenvalue weighted by Crippen LogP contribution is 2.28. The third kappa shape index (κ3) is 7.21. The molecule has 0 fully saturated rings. The molecule has 38 heavy (non-hydrogen) atoms. The molecule has 190 valence electrons. The lowest BCUT2D eigenvalue weighted by atomic mass is 10.1. The molecule has 4 rings (SSSR count). The Morgan fingerprint density at radius 3 is 2.21 bits per heavy atom. The SMILES string of the molecule is COc1ccc(/C=C(\C#N)C(=O)Nc2ccc(OCc3ccccc3)cc2)c(OCc2ccc(F)cc2)c1. The Bertz CT molecular complexity index is 1440. The summed E-state index contributed by atoms with van der Waals surface area (Å²) in [6, 6.07) is 29.7. The molecule has 0 radical (unpaired) electrons. The summed E-state index contributed by atoms with van der Waals surface area (Å²) in [4.78, 5) is 12.9. The van der Waals surface area contributed by atoms with Crippen molar-refractivity contribution < 1.29 is 23.4 Å². The maximum absolute atomic E-state index is 13.2. The molecule has 0 unspecified atom stereocenters. The second kappa shape index (κ2) is 12.7. The normalized spacial score (nSPS) is 10.8. The number of carbonyl (C=O) groups excluding carboxylic acids is 1. The number of methoxy groups -OCH3 is 1. The van der Waals surface area contributed by atoms with Gasteiger partial charge in [-0.3, -0.25) is 4.79 Å². The number of amides is 1. The van der Waals surface area contributed by atoms with Gasteiger partial charge in [-0.1, -0.05) is 42.5 Å². The zero-order chi connectivity index (χ0) is 26.7. The lowest BCUT2D eigenvalue weighted by Crippen LogP contribution is -2.13. The molecule has 7 heteroatoms. The van der Waals surface area contributed by atoms with Crippen molar-refractivity contribution >= 4 is 17.7 Å². The molecule has 0 saturated carbocycles. The first-order valence-corrected chi connectivity index (χ1v) is 11.8. The van der Waals surface area contributed by atoms with Crippen LogP contribution in [-0.2, 0) is 18.0 Å². The van der Waals surface area contributed by atoms with Gasteiger partial charge in [0.05, 0.1) is 7.11 Å². The molecule has 4 aromatic rings. The highest BCUT2D eigenvalue weighted by molar-refractivity contribution is 6.09. The topological polar surface area (TPSA) is 80.6 Å². The number of halogens is 1. The smallest absolute Gasteiger partial charge is 0.266 e. The quantitative estimate of drug-likeness (QED) is 0.194. The molecule has 0 aliphatic heterocycles. The van der Waals surface area contributed by atoms with E-state index in [1.54, 1.807) is 54.6 Å². The largest absolute Gasteiger partial charge is 0.497 e. The van der Waals surface area contributed by atoms with Gasteiger partial charge in [-0.25, -0.2) is 4.39 Å². The summed E-state index contributed by atoms with van der Waals surface area (Å²) in [6.07, 6.45) is 1.45. The van der Waals surface area contributed by atoms with Gasteiger partial charge in [-0.05, 0) is 65.7 Å². The lowest BCUT2D eigenvalue weighted by Gasteiger charge is -2.12. The van der Waals surface area contributed by atoms with E-state index in [4.69, 9.17) is 14.2 Å². The molecule has 0 aliphatic rings. The van der Waals surface area contributed by atoms with Gasteiger partial charge < -0.3 is 19.5 Å². The molecule has 4 aromatic carbocycles. The van der Waals surface area contributed by atoms with Crippen LogP contribution in [0.25, 0.3) is 6.08 Å². The van der Waals surface area contributed by atoms with Gasteiger partial charge in [-0.15, -0.1) is 0 Å². The predicted octanol–water partition coefficient (Wildman–Crippen LogP) is 6.54. The van der Waals surface area contributed by atoms with Crippen LogP contribution in [-0.4, -0.2) is 13.0 Å². The molecule has 0 saturated heterocycles. The summed E-state index contributed by atoms with van der Waals surface area (Å²) in [5.74, 6) is 0.718. The van der Waals surface area contributed by atoms with Crippen molar-refractivity contribution in [1.82, 2.24) is 0 Å². The lowest BCUT2D eigenvalue weighted by molar-refractivity contribution is -0.112. The van der Waals surface area contributed by atoms with Gasteiger partial charge in [0.15, 0.2) is 0 Å². The van der Waals surface area contributed by atoms with E-state index in [0.29, 0.717) is 35.1 Å². The maximum atomic E-state index is 13.2. The van der Waals surface area contributed by atoms with Crippen LogP contribution >= 0.6 is 0 Å². The minimum Gasteiger partial charge on any atom is -0.497 e. The Balaban J connectivity index is 1.44. The number of nitrogens with one attached hydrogen (secondary N) is 1. The third-order valence-electron chi connectivity index (χ3n) is 5.55. The van der Waals surface area contributed by atoms with Crippen molar-refractivity contribution in [2.24, 2.45) is 0 Å². The summed E-state index contributed by atoms with van der Waals surface area (Å²) in [7, 11) is 1.53. The first kappa shape index (κ1) is 26.0. The maximum Gasteiger partial charge on any atom is 0.266 e. The molecule has 0 aliphatic carbocycles. The average molecular weight is 509 g/mol. The van der Waals surface area contributed by atoms with E-state index in [2.05, 4.69) is 5.32 Å². The van der Waals surface area contributed by atoms with E-state index in [0.717, 1.165) is 11.1 Å². The molecule has 0 atom stereocenters. The van der Waals surface area contributed by atoms with Crippen molar-refractivity contribution in [2.45, 2.75) is 13.2 Å². The molecule has 1 amide bonds. The van der Waals surface area contributed by atoms with Crippen molar-refractivity contribution in [2.75, 3.05) is 12.4 Å². The standard InChI is InChI=1S/C31H25FN2O4/c1-36-29-14-9-24(30(18-29)38-21-23-7-10-26(32)11-8-23)17-25(19-33)31(35)34-27-12-15-28(16-13-27)37-20-22-5-3-2-4-6-22/h2-18H,20-21H2,1H3,(H,34,35)/b25-17+. The third-order valence-corrected chi connectivity index (χ3v) is 5.55. The molecule has 0 aromatic heterocycles. The van der Waals surface area contributed by atoms with Crippen LogP contribution in [0.1, 0.15) is 16.7 Å².